The van der Waals surface area contributed by atoms with Crippen LogP contribution in [-0.2, 0) is 18.0 Å². The Labute approximate surface area is 100 Å². The van der Waals surface area contributed by atoms with Gasteiger partial charge >= 0.3 is 0 Å². The van der Waals surface area contributed by atoms with E-state index >= 15 is 0 Å². The summed E-state index contributed by atoms with van der Waals surface area (Å²) in [5, 5.41) is 10.2. The molecule has 0 aliphatic carbocycles. The summed E-state index contributed by atoms with van der Waals surface area (Å²) in [6, 6.07) is 11.8. The lowest BCUT2D eigenvalue weighted by atomic mass is 9.93. The molecule has 0 radical (unpaired) electrons. The van der Waals surface area contributed by atoms with E-state index in [-0.39, 0.29) is 0 Å². The Morgan fingerprint density at radius 1 is 1.06 bits per heavy atom. The van der Waals surface area contributed by atoms with Gasteiger partial charge in [-0.2, -0.15) is 0 Å². The fraction of sp³-hybridized carbons (Fsp3) is 0.200. The van der Waals surface area contributed by atoms with Gasteiger partial charge in [-0.1, -0.05) is 30.3 Å². The molecule has 2 aromatic rings. The standard InChI is InChI=1S/C15H14O2/c1-10-7-14(16)15(11-5-3-2-4-6-11)13-9-17-8-12(10)13/h2-7,16H,8-9H2,1H3. The van der Waals surface area contributed by atoms with Gasteiger partial charge in [0.15, 0.2) is 0 Å². The number of phenolic OH excluding ortho intramolecular Hbond substituents is 1. The van der Waals surface area contributed by atoms with E-state index in [9.17, 15) is 5.11 Å². The summed E-state index contributed by atoms with van der Waals surface area (Å²) >= 11 is 0. The molecule has 1 N–H and O–H groups in total. The normalized spacial score (nSPS) is 13.7. The number of ether oxygens (including phenoxy) is 1. The molecule has 2 aromatic carbocycles. The minimum atomic E-state index is 0.345. The van der Waals surface area contributed by atoms with Crippen LogP contribution in [0, 0.1) is 6.92 Å². The zero-order valence-electron chi connectivity index (χ0n) is 9.73. The monoisotopic (exact) mass is 226 g/mol. The van der Waals surface area contributed by atoms with Gasteiger partial charge in [0.2, 0.25) is 0 Å². The summed E-state index contributed by atoms with van der Waals surface area (Å²) in [6.45, 7) is 3.26. The number of aryl methyl sites for hydroxylation is 1. The second-order valence-corrected chi connectivity index (χ2v) is 4.40. The summed E-state index contributed by atoms with van der Waals surface area (Å²) in [6.07, 6.45) is 0. The second kappa shape index (κ2) is 3.90. The summed E-state index contributed by atoms with van der Waals surface area (Å²) in [5.41, 5.74) is 5.43. The molecule has 0 fully saturated rings. The molecular formula is C15H14O2. The largest absolute Gasteiger partial charge is 0.507 e. The predicted molar refractivity (Wildman–Crippen MR) is 66.8 cm³/mol. The van der Waals surface area contributed by atoms with Gasteiger partial charge in [0, 0.05) is 5.56 Å². The Bertz CT molecular complexity index is 559. The first-order valence-electron chi connectivity index (χ1n) is 5.75. The number of benzene rings is 2. The van der Waals surface area contributed by atoms with Crippen LogP contribution in [-0.4, -0.2) is 5.11 Å². The highest BCUT2D eigenvalue weighted by atomic mass is 16.5. The van der Waals surface area contributed by atoms with Gasteiger partial charge < -0.3 is 9.84 Å². The molecule has 86 valence electrons. The van der Waals surface area contributed by atoms with E-state index in [0.717, 1.165) is 22.3 Å². The van der Waals surface area contributed by atoms with E-state index in [1.807, 2.05) is 43.3 Å². The van der Waals surface area contributed by atoms with Crippen LogP contribution in [0.5, 0.6) is 5.75 Å². The third kappa shape index (κ3) is 1.61. The van der Waals surface area contributed by atoms with Gasteiger partial charge in [0.25, 0.3) is 0 Å². The van der Waals surface area contributed by atoms with Crippen molar-refractivity contribution in [2.75, 3.05) is 0 Å². The van der Waals surface area contributed by atoms with Crippen LogP contribution in [0.4, 0.5) is 0 Å². The third-order valence-electron chi connectivity index (χ3n) is 3.31. The van der Waals surface area contributed by atoms with Crippen molar-refractivity contribution in [1.82, 2.24) is 0 Å². The van der Waals surface area contributed by atoms with Gasteiger partial charge in [0.1, 0.15) is 5.75 Å². The fourth-order valence-corrected chi connectivity index (χ4v) is 2.45. The van der Waals surface area contributed by atoms with Crippen LogP contribution in [0.15, 0.2) is 36.4 Å². The van der Waals surface area contributed by atoms with Crippen molar-refractivity contribution in [2.45, 2.75) is 20.1 Å². The predicted octanol–water partition coefficient (Wildman–Crippen LogP) is 3.40. The molecular weight excluding hydrogens is 212 g/mol. The molecule has 0 amide bonds. The lowest BCUT2D eigenvalue weighted by molar-refractivity contribution is 0.134. The molecule has 0 saturated carbocycles. The SMILES string of the molecule is Cc1cc(O)c(-c2ccccc2)c2c1COC2. The van der Waals surface area contributed by atoms with Crippen LogP contribution < -0.4 is 0 Å². The first kappa shape index (κ1) is 10.4. The van der Waals surface area contributed by atoms with E-state index < -0.39 is 0 Å². The van der Waals surface area contributed by atoms with Crippen LogP contribution in [0.1, 0.15) is 16.7 Å². The number of hydrogen-bond donors (Lipinski definition) is 1. The van der Waals surface area contributed by atoms with Crippen molar-refractivity contribution in [3.8, 4) is 16.9 Å². The van der Waals surface area contributed by atoms with Crippen molar-refractivity contribution in [3.05, 3.63) is 53.1 Å². The molecule has 17 heavy (non-hydrogen) atoms. The maximum absolute atomic E-state index is 10.2. The molecule has 1 heterocycles. The molecule has 1 aliphatic heterocycles. The van der Waals surface area contributed by atoms with Crippen LogP contribution in [0.3, 0.4) is 0 Å². The molecule has 0 bridgehead atoms. The molecule has 2 nitrogen and oxygen atoms in total. The molecule has 2 heteroatoms. The molecule has 0 atom stereocenters. The number of hydrogen-bond acceptors (Lipinski definition) is 2. The van der Waals surface area contributed by atoms with E-state index in [0.29, 0.717) is 19.0 Å². The average Bonchev–Trinajstić information content (AvgIpc) is 2.79. The summed E-state index contributed by atoms with van der Waals surface area (Å²) in [7, 11) is 0. The lowest BCUT2D eigenvalue weighted by Gasteiger charge is -2.12. The van der Waals surface area contributed by atoms with Gasteiger partial charge in [-0.25, -0.2) is 0 Å². The van der Waals surface area contributed by atoms with Crippen molar-refractivity contribution >= 4 is 0 Å². The Balaban J connectivity index is 2.28. The van der Waals surface area contributed by atoms with Crippen molar-refractivity contribution < 1.29 is 9.84 Å². The number of fused-ring (bicyclic) bond motifs is 1. The molecule has 0 spiro atoms. The number of aromatic hydroxyl groups is 1. The number of phenols is 1. The first-order valence-corrected chi connectivity index (χ1v) is 5.75. The first-order chi connectivity index (χ1) is 8.27. The third-order valence-corrected chi connectivity index (χ3v) is 3.31. The van der Waals surface area contributed by atoms with Gasteiger partial charge in [0.05, 0.1) is 13.2 Å². The van der Waals surface area contributed by atoms with Crippen LogP contribution >= 0.6 is 0 Å². The van der Waals surface area contributed by atoms with Gasteiger partial charge in [-0.3, -0.25) is 0 Å². The van der Waals surface area contributed by atoms with Gasteiger partial charge in [-0.05, 0) is 35.2 Å². The van der Waals surface area contributed by atoms with E-state index in [4.69, 9.17) is 4.74 Å². The van der Waals surface area contributed by atoms with E-state index in [1.165, 1.54) is 5.56 Å². The Hall–Kier alpha value is -1.80. The molecule has 0 saturated heterocycles. The highest BCUT2D eigenvalue weighted by Gasteiger charge is 2.21. The summed E-state index contributed by atoms with van der Waals surface area (Å²) in [5.74, 6) is 0.345. The van der Waals surface area contributed by atoms with Gasteiger partial charge in [-0.15, -0.1) is 0 Å². The van der Waals surface area contributed by atoms with Crippen LogP contribution in [0.2, 0.25) is 0 Å². The molecule has 1 aliphatic rings. The van der Waals surface area contributed by atoms with E-state index in [2.05, 4.69) is 0 Å². The molecule has 0 aromatic heterocycles. The highest BCUT2D eigenvalue weighted by Crippen LogP contribution is 2.39. The minimum absolute atomic E-state index is 0.345. The topological polar surface area (TPSA) is 29.5 Å². The Morgan fingerprint density at radius 2 is 1.76 bits per heavy atom. The lowest BCUT2D eigenvalue weighted by Crippen LogP contribution is -1.93. The fourth-order valence-electron chi connectivity index (χ4n) is 2.45. The maximum atomic E-state index is 10.2. The number of rotatable bonds is 1. The average molecular weight is 226 g/mol. The molecule has 0 unspecified atom stereocenters. The van der Waals surface area contributed by atoms with Crippen molar-refractivity contribution in [2.24, 2.45) is 0 Å². The van der Waals surface area contributed by atoms with Crippen molar-refractivity contribution in [3.63, 3.8) is 0 Å². The highest BCUT2D eigenvalue weighted by molar-refractivity contribution is 5.76. The zero-order valence-corrected chi connectivity index (χ0v) is 9.73. The summed E-state index contributed by atoms with van der Waals surface area (Å²) < 4.78 is 5.50. The Kier molecular flexibility index (Phi) is 2.37. The zero-order chi connectivity index (χ0) is 11.8. The maximum Gasteiger partial charge on any atom is 0.124 e. The van der Waals surface area contributed by atoms with E-state index in [1.54, 1.807) is 0 Å². The van der Waals surface area contributed by atoms with Crippen molar-refractivity contribution in [1.29, 1.82) is 0 Å². The van der Waals surface area contributed by atoms with Crippen LogP contribution in [0.25, 0.3) is 11.1 Å². The smallest absolute Gasteiger partial charge is 0.124 e. The quantitative estimate of drug-likeness (QED) is 0.807. The second-order valence-electron chi connectivity index (χ2n) is 4.40. The Morgan fingerprint density at radius 3 is 2.53 bits per heavy atom. The minimum Gasteiger partial charge on any atom is -0.507 e. The molecule has 3 rings (SSSR count). The summed E-state index contributed by atoms with van der Waals surface area (Å²) in [4.78, 5) is 0.